The minimum Gasteiger partial charge on any atom is -0.387 e. The maximum absolute atomic E-state index is 12.6. The van der Waals surface area contributed by atoms with Crippen LogP contribution >= 0.6 is 38.2 Å². The molecule has 0 aromatic carbocycles. The highest BCUT2D eigenvalue weighted by Gasteiger charge is 2.50. The van der Waals surface area contributed by atoms with Crippen LogP contribution in [0.5, 0.6) is 0 Å². The monoisotopic (exact) mass is 914 g/mol. The summed E-state index contributed by atoms with van der Waals surface area (Å²) >= 11 is 0. The zero-order chi connectivity index (χ0) is 41.9. The number of phosphoric acid groups is 1. The molecular weight excluding hydrogens is 883 g/mol. The summed E-state index contributed by atoms with van der Waals surface area (Å²) in [6.45, 7) is -2.12. The molecule has 35 heteroatoms. The fourth-order valence-electron chi connectivity index (χ4n) is 5.59. The van der Waals surface area contributed by atoms with Gasteiger partial charge in [0.15, 0.2) is 46.6 Å². The fraction of sp³-hybridized carbons (Fsp3) is 0.545. The summed E-state index contributed by atoms with van der Waals surface area (Å²) in [4.78, 5) is 94.3. The minimum atomic E-state index is -6.22. The van der Waals surface area contributed by atoms with Crippen LogP contribution in [0.15, 0.2) is 34.9 Å². The molecule has 4 aromatic rings. The summed E-state index contributed by atoms with van der Waals surface area (Å²) in [6, 6.07) is 0. The predicted molar refractivity (Wildman–Crippen MR) is 181 cm³/mol. The third-order valence-corrected chi connectivity index (χ3v) is 18.5. The predicted octanol–water partition coefficient (Wildman–Crippen LogP) is -2.69. The molecule has 6 rings (SSSR count). The highest BCUT2D eigenvalue weighted by Crippen LogP contribution is 2.72. The molecule has 0 spiro atoms. The smallest absolute Gasteiger partial charge is 0.387 e. The van der Waals surface area contributed by atoms with Crippen LogP contribution in [0, 0.1) is 0 Å². The van der Waals surface area contributed by atoms with Gasteiger partial charge in [0.25, 0.3) is 11.1 Å². The van der Waals surface area contributed by atoms with Gasteiger partial charge in [-0.05, 0) is 0 Å². The van der Waals surface area contributed by atoms with E-state index in [2.05, 4.69) is 38.5 Å². The molecule has 0 amide bonds. The second-order valence-corrected chi connectivity index (χ2v) is 22.4. The number of imidazole rings is 2. The van der Waals surface area contributed by atoms with Gasteiger partial charge in [0.1, 0.15) is 36.6 Å². The molecular formula is C22H31N8O22P5. The van der Waals surface area contributed by atoms with Crippen LogP contribution in [0.3, 0.4) is 0 Å². The van der Waals surface area contributed by atoms with E-state index in [-0.39, 0.29) is 22.3 Å². The lowest BCUT2D eigenvalue weighted by atomic mass is 10.1. The second-order valence-electron chi connectivity index (χ2n) is 12.3. The molecule has 2 aliphatic heterocycles. The Balaban J connectivity index is 1.00. The van der Waals surface area contributed by atoms with E-state index >= 15 is 0 Å². The van der Waals surface area contributed by atoms with Crippen molar-refractivity contribution in [3.63, 3.8) is 0 Å². The average Bonchev–Trinajstić information content (AvgIpc) is 3.83. The number of fused-ring (bicyclic) bond motifs is 2. The number of aromatic nitrogens is 8. The molecule has 12 atom stereocenters. The highest BCUT2D eigenvalue weighted by molar-refractivity contribution is 7.77. The number of ether oxygens (including phenoxy) is 2. The molecule has 0 bridgehead atoms. The highest BCUT2D eigenvalue weighted by atomic mass is 31.3. The number of nitrogens with one attached hydrogen (secondary N) is 2. The lowest BCUT2D eigenvalue weighted by molar-refractivity contribution is -0.0483. The van der Waals surface area contributed by atoms with E-state index < -0.39 is 123 Å². The number of aromatic amines is 2. The van der Waals surface area contributed by atoms with Crippen molar-refractivity contribution in [2.75, 3.05) is 25.0 Å². The second kappa shape index (κ2) is 16.0. The van der Waals surface area contributed by atoms with Crippen LogP contribution in [0.1, 0.15) is 12.5 Å². The number of aliphatic hydroxyl groups excluding tert-OH is 4. The zero-order valence-corrected chi connectivity index (χ0v) is 32.5. The fourth-order valence-corrected chi connectivity index (χ4v) is 14.9. The Hall–Kier alpha value is -2.75. The van der Waals surface area contributed by atoms with Gasteiger partial charge in [-0.2, -0.15) is 0 Å². The lowest BCUT2D eigenvalue weighted by Gasteiger charge is -2.22. The SMILES string of the molecule is O=c1[nH]cnc2c1ncn2[C@@H]1O[C@H](COP(=O)(O)CP(=O)(O)OP(=O)(O)OP(=O)(O)CP(=O)(O)OC[C@H]2O[C@@H](n3cnc4c(=O)[nH]cnc43)[C@H](O)[C@@H]2O)[C@@H](O)[C@H]1O. The van der Waals surface area contributed by atoms with Gasteiger partial charge in [-0.25, -0.2) is 33.1 Å². The number of aliphatic hydroxyl groups is 4. The van der Waals surface area contributed by atoms with Crippen molar-refractivity contribution < 1.29 is 94.9 Å². The number of nitrogens with zero attached hydrogens (tertiary/aromatic N) is 6. The zero-order valence-electron chi connectivity index (χ0n) is 28.0. The van der Waals surface area contributed by atoms with Gasteiger partial charge in [0.05, 0.1) is 38.5 Å². The summed E-state index contributed by atoms with van der Waals surface area (Å²) in [5.41, 5.74) is -1.76. The van der Waals surface area contributed by atoms with Crippen LogP contribution in [-0.2, 0) is 50.0 Å². The van der Waals surface area contributed by atoms with Crippen LogP contribution in [-0.4, -0.2) is 146 Å². The van der Waals surface area contributed by atoms with Crippen LogP contribution in [0.25, 0.3) is 22.3 Å². The molecule has 2 aliphatic rings. The van der Waals surface area contributed by atoms with E-state index in [0.29, 0.717) is 0 Å². The summed E-state index contributed by atoms with van der Waals surface area (Å²) in [7, 11) is -28.5. The number of H-pyrrole nitrogens is 2. The van der Waals surface area contributed by atoms with Gasteiger partial charge in [-0.3, -0.25) is 37.0 Å². The Kier molecular flexibility index (Phi) is 12.3. The molecule has 0 saturated carbocycles. The maximum atomic E-state index is 12.6. The number of hydrogen-bond donors (Lipinski definition) is 11. The van der Waals surface area contributed by atoms with Crippen molar-refractivity contribution in [2.24, 2.45) is 0 Å². The first-order chi connectivity index (χ1) is 26.4. The van der Waals surface area contributed by atoms with Gasteiger partial charge < -0.3 is 73.4 Å². The van der Waals surface area contributed by atoms with Gasteiger partial charge in [-0.1, -0.05) is 0 Å². The van der Waals surface area contributed by atoms with Crippen molar-refractivity contribution in [3.05, 3.63) is 46.0 Å². The summed E-state index contributed by atoms with van der Waals surface area (Å²) < 4.78 is 93.1. The summed E-state index contributed by atoms with van der Waals surface area (Å²) in [5.74, 6) is -3.95. The first kappa shape index (κ1) is 43.8. The molecule has 316 valence electrons. The molecule has 2 saturated heterocycles. The topological polar surface area (TPSA) is 450 Å². The molecule has 4 aromatic heterocycles. The molecule has 2 fully saturated rings. The van der Waals surface area contributed by atoms with Crippen LogP contribution < -0.4 is 11.1 Å². The maximum Gasteiger partial charge on any atom is 0.486 e. The molecule has 57 heavy (non-hydrogen) atoms. The van der Waals surface area contributed by atoms with Gasteiger partial charge in [0, 0.05) is 0 Å². The van der Waals surface area contributed by atoms with E-state index in [4.69, 9.17) is 18.5 Å². The molecule has 0 aliphatic carbocycles. The summed E-state index contributed by atoms with van der Waals surface area (Å²) in [5, 5.41) is 41.8. The number of rotatable bonds is 16. The molecule has 0 radical (unpaired) electrons. The van der Waals surface area contributed by atoms with Gasteiger partial charge >= 0.3 is 38.2 Å². The molecule has 6 heterocycles. The van der Waals surface area contributed by atoms with Crippen LogP contribution in [0.4, 0.5) is 0 Å². The Bertz CT molecular complexity index is 2340. The summed E-state index contributed by atoms with van der Waals surface area (Å²) in [6.07, 6.45) is -9.16. The van der Waals surface area contributed by atoms with Gasteiger partial charge in [-0.15, -0.1) is 0 Å². The van der Waals surface area contributed by atoms with Crippen molar-refractivity contribution >= 4 is 60.5 Å². The third-order valence-electron chi connectivity index (χ3n) is 8.01. The number of hydrogen-bond acceptors (Lipinski definition) is 21. The largest absolute Gasteiger partial charge is 0.486 e. The molecule has 4 unspecified atom stereocenters. The standard InChI is InChI=1S/C22H31N8O22P5/c31-13-9(49-21(15(13)33)29-5-27-11-17(29)23-3-25-19(11)35)1-47-53(37,38)7-55(41,42)51-57(45,46)52-56(43,44)8-54(39,40)48-2-10-14(32)16(34)22(50-10)30-6-28-12-18(30)24-4-26-20(12)36/h3-6,9-10,13-16,21-22,31-34H,1-2,7-8H2,(H,37,38)(H,39,40)(H,41,42)(H,43,44)(H,45,46)(H,23,25,35)(H,24,26,36)/t9-,10-,13-,14-,15-,16-,21-,22-/m1/s1. The van der Waals surface area contributed by atoms with E-state index in [1.54, 1.807) is 0 Å². The van der Waals surface area contributed by atoms with E-state index in [1.165, 1.54) is 0 Å². The average molecular weight is 914 g/mol. The molecule has 11 N–H and O–H groups in total. The normalized spacial score (nSPS) is 30.8. The van der Waals surface area contributed by atoms with Crippen molar-refractivity contribution in [1.82, 2.24) is 39.0 Å². The van der Waals surface area contributed by atoms with E-state index in [9.17, 15) is 77.3 Å². The van der Waals surface area contributed by atoms with Crippen molar-refractivity contribution in [3.8, 4) is 0 Å². The Morgan fingerprint density at radius 2 is 0.965 bits per heavy atom. The van der Waals surface area contributed by atoms with E-state index in [0.717, 1.165) is 34.4 Å². The minimum absolute atomic E-state index is 0.0759. The van der Waals surface area contributed by atoms with Gasteiger partial charge in [0.2, 0.25) is 0 Å². The van der Waals surface area contributed by atoms with Crippen molar-refractivity contribution in [1.29, 1.82) is 0 Å². The van der Waals surface area contributed by atoms with E-state index in [1.807, 2.05) is 0 Å². The molecule has 30 nitrogen and oxygen atoms in total. The quantitative estimate of drug-likeness (QED) is 0.0510. The third kappa shape index (κ3) is 9.84. The van der Waals surface area contributed by atoms with Crippen molar-refractivity contribution in [2.45, 2.75) is 49.1 Å². The Morgan fingerprint density at radius 1 is 0.596 bits per heavy atom. The Labute approximate surface area is 314 Å². The first-order valence-corrected chi connectivity index (χ1v) is 24.1. The Morgan fingerprint density at radius 3 is 1.33 bits per heavy atom. The van der Waals surface area contributed by atoms with Crippen LogP contribution in [0.2, 0.25) is 0 Å². The lowest BCUT2D eigenvalue weighted by Crippen LogP contribution is -2.33. The first-order valence-electron chi connectivity index (χ1n) is 15.5.